The van der Waals surface area contributed by atoms with Gasteiger partial charge in [-0.1, -0.05) is 132 Å². The molecular formula is C20H48. The van der Waals surface area contributed by atoms with Gasteiger partial charge >= 0.3 is 0 Å². The van der Waals surface area contributed by atoms with Crippen molar-refractivity contribution >= 4 is 0 Å². The van der Waals surface area contributed by atoms with Crippen LogP contribution in [-0.4, -0.2) is 0 Å². The van der Waals surface area contributed by atoms with Crippen molar-refractivity contribution < 1.29 is 0 Å². The van der Waals surface area contributed by atoms with Crippen LogP contribution in [-0.2, 0) is 0 Å². The third kappa shape index (κ3) is 64.2. The number of hydrogen-bond acceptors (Lipinski definition) is 0. The Labute approximate surface area is 133 Å². The quantitative estimate of drug-likeness (QED) is 0.417. The summed E-state index contributed by atoms with van der Waals surface area (Å²) in [4.78, 5) is 0. The average Bonchev–Trinajstić information content (AvgIpc) is 3.20. The maximum absolute atomic E-state index is 2.12. The van der Waals surface area contributed by atoms with Crippen LogP contribution in [0.2, 0.25) is 0 Å². The zero-order valence-corrected chi connectivity index (χ0v) is 16.5. The molecule has 3 rings (SSSR count). The van der Waals surface area contributed by atoms with Gasteiger partial charge in [0.1, 0.15) is 0 Å². The molecule has 0 unspecified atom stereocenters. The second kappa shape index (κ2) is 42.8. The lowest BCUT2D eigenvalue weighted by molar-refractivity contribution is 0.504. The maximum Gasteiger partial charge on any atom is -0.0533 e. The number of rotatable bonds is 0. The van der Waals surface area contributed by atoms with E-state index >= 15 is 0 Å². The molecule has 0 heteroatoms. The number of hydrogen-bond donors (Lipinski definition) is 0. The minimum absolute atomic E-state index is 1.25. The molecule has 3 fully saturated rings. The van der Waals surface area contributed by atoms with Crippen molar-refractivity contribution in [3.8, 4) is 0 Å². The third-order valence-corrected chi connectivity index (χ3v) is 2.35. The molecular weight excluding hydrogens is 240 g/mol. The van der Waals surface area contributed by atoms with Crippen molar-refractivity contribution in [1.82, 2.24) is 0 Å². The summed E-state index contributed by atoms with van der Waals surface area (Å²) in [6.45, 7) is 16.2. The third-order valence-electron chi connectivity index (χ3n) is 2.35. The Bertz CT molecular complexity index is 57.3. The molecule has 0 amide bonds. The molecule has 128 valence electrons. The first-order chi connectivity index (χ1) is 9.91. The van der Waals surface area contributed by atoms with Gasteiger partial charge in [-0.25, -0.2) is 0 Å². The Morgan fingerprint density at radius 2 is 0.400 bits per heavy atom. The predicted octanol–water partition coefficient (Wildman–Crippen LogP) is 8.79. The summed E-state index contributed by atoms with van der Waals surface area (Å²) in [6.07, 6.45) is 17.8. The molecule has 3 aliphatic carbocycles. The van der Waals surface area contributed by atoms with Gasteiger partial charge < -0.3 is 0 Å². The van der Waals surface area contributed by atoms with Gasteiger partial charge in [-0.3, -0.25) is 0 Å². The molecule has 0 bridgehead atoms. The standard InChI is InChI=1S/2C4H8.C3H6.C3H8.3C2H6/c2*1-2-4-3-1;1-2-3-1;1-3-2;3*1-2/h2*1-4H2;1-3H2;3H2,1-2H3;3*1-2H3. The molecule has 0 aliphatic heterocycles. The minimum Gasteiger partial charge on any atom is -0.0683 e. The van der Waals surface area contributed by atoms with Crippen molar-refractivity contribution in [3.05, 3.63) is 0 Å². The van der Waals surface area contributed by atoms with Crippen LogP contribution in [0.1, 0.15) is 132 Å². The molecule has 0 heterocycles. The molecule has 0 spiro atoms. The Hall–Kier alpha value is 0. The van der Waals surface area contributed by atoms with Crippen LogP contribution in [0, 0.1) is 0 Å². The SMILES string of the molecule is C1CC1.C1CCC1.C1CCC1.CC.CC.CC.CCC. The first-order valence-electron chi connectivity index (χ1n) is 9.91. The van der Waals surface area contributed by atoms with Crippen LogP contribution in [0.25, 0.3) is 0 Å². The molecule has 3 aliphatic rings. The highest BCUT2D eigenvalue weighted by Gasteiger charge is 1.95. The molecule has 20 heavy (non-hydrogen) atoms. The largest absolute Gasteiger partial charge is 0.0683 e. The van der Waals surface area contributed by atoms with E-state index in [0.29, 0.717) is 0 Å². The van der Waals surface area contributed by atoms with Crippen LogP contribution in [0.3, 0.4) is 0 Å². The summed E-state index contributed by atoms with van der Waals surface area (Å²) in [7, 11) is 0. The van der Waals surface area contributed by atoms with Gasteiger partial charge in [0.05, 0.1) is 0 Å². The van der Waals surface area contributed by atoms with Crippen molar-refractivity contribution in [2.45, 2.75) is 132 Å². The van der Waals surface area contributed by atoms with Gasteiger partial charge in [-0.15, -0.1) is 0 Å². The van der Waals surface area contributed by atoms with E-state index in [0.717, 1.165) is 0 Å². The Morgan fingerprint density at radius 3 is 0.400 bits per heavy atom. The topological polar surface area (TPSA) is 0 Å². The molecule has 0 aromatic carbocycles. The lowest BCUT2D eigenvalue weighted by Gasteiger charge is -2.05. The molecule has 0 radical (unpaired) electrons. The van der Waals surface area contributed by atoms with Crippen molar-refractivity contribution in [3.63, 3.8) is 0 Å². The van der Waals surface area contributed by atoms with E-state index < -0.39 is 0 Å². The molecule has 0 aromatic heterocycles. The minimum atomic E-state index is 1.25. The molecule has 0 N–H and O–H groups in total. The molecule has 0 atom stereocenters. The van der Waals surface area contributed by atoms with Crippen molar-refractivity contribution in [2.75, 3.05) is 0 Å². The van der Waals surface area contributed by atoms with Crippen LogP contribution >= 0.6 is 0 Å². The van der Waals surface area contributed by atoms with E-state index in [-0.39, 0.29) is 0 Å². The smallest absolute Gasteiger partial charge is 0.0533 e. The first-order valence-corrected chi connectivity index (χ1v) is 9.91. The second-order valence-electron chi connectivity index (χ2n) is 4.60. The van der Waals surface area contributed by atoms with Crippen molar-refractivity contribution in [2.24, 2.45) is 0 Å². The summed E-state index contributed by atoms with van der Waals surface area (Å²) in [5.74, 6) is 0. The highest BCUT2D eigenvalue weighted by Crippen LogP contribution is 2.15. The Morgan fingerprint density at radius 1 is 0.350 bits per heavy atom. The first kappa shape index (κ1) is 28.2. The summed E-state index contributed by atoms with van der Waals surface area (Å²) in [6, 6.07) is 0. The van der Waals surface area contributed by atoms with Gasteiger partial charge in [-0.05, 0) is 0 Å². The van der Waals surface area contributed by atoms with E-state index in [9.17, 15) is 0 Å². The van der Waals surface area contributed by atoms with Gasteiger partial charge in [-0.2, -0.15) is 0 Å². The van der Waals surface area contributed by atoms with Crippen LogP contribution in [0.4, 0.5) is 0 Å². The summed E-state index contributed by atoms with van der Waals surface area (Å²) < 4.78 is 0. The highest BCUT2D eigenvalue weighted by atomic mass is 14.0. The summed E-state index contributed by atoms with van der Waals surface area (Å²) in [5, 5.41) is 0. The van der Waals surface area contributed by atoms with E-state index in [1.165, 1.54) is 77.0 Å². The fraction of sp³-hybridized carbons (Fsp3) is 1.00. The highest BCUT2D eigenvalue weighted by molar-refractivity contribution is 4.51. The summed E-state index contributed by atoms with van der Waals surface area (Å²) >= 11 is 0. The van der Waals surface area contributed by atoms with E-state index in [1.807, 2.05) is 41.5 Å². The lowest BCUT2D eigenvalue weighted by atomic mass is 10.0. The Balaban J connectivity index is -0.0000000769. The monoisotopic (exact) mass is 288 g/mol. The predicted molar refractivity (Wildman–Crippen MR) is 101 cm³/mol. The average molecular weight is 289 g/mol. The maximum atomic E-state index is 2.12. The fourth-order valence-electron chi connectivity index (χ4n) is 0.500. The van der Waals surface area contributed by atoms with Crippen LogP contribution in [0.5, 0.6) is 0 Å². The van der Waals surface area contributed by atoms with Gasteiger partial charge in [0.2, 0.25) is 0 Å². The zero-order chi connectivity index (χ0) is 16.5. The van der Waals surface area contributed by atoms with Crippen LogP contribution < -0.4 is 0 Å². The zero-order valence-electron chi connectivity index (χ0n) is 16.5. The van der Waals surface area contributed by atoms with E-state index in [2.05, 4.69) is 13.8 Å². The lowest BCUT2D eigenvalue weighted by Crippen LogP contribution is -1.85. The van der Waals surface area contributed by atoms with Crippen molar-refractivity contribution in [1.29, 1.82) is 0 Å². The molecule has 3 saturated carbocycles. The van der Waals surface area contributed by atoms with Crippen LogP contribution in [0.15, 0.2) is 0 Å². The molecule has 0 nitrogen and oxygen atoms in total. The van der Waals surface area contributed by atoms with Gasteiger partial charge in [0.15, 0.2) is 0 Å². The Kier molecular flexibility index (Phi) is 60.3. The van der Waals surface area contributed by atoms with Gasteiger partial charge in [0.25, 0.3) is 0 Å². The van der Waals surface area contributed by atoms with Gasteiger partial charge in [0, 0.05) is 0 Å². The fourth-order valence-corrected chi connectivity index (χ4v) is 0.500. The molecule has 0 aromatic rings. The second-order valence-corrected chi connectivity index (χ2v) is 4.60. The van der Waals surface area contributed by atoms with E-state index in [1.54, 1.807) is 0 Å². The van der Waals surface area contributed by atoms with E-state index in [4.69, 9.17) is 0 Å². The normalized spacial score (nSPS) is 15.0. The summed E-state index contributed by atoms with van der Waals surface area (Å²) in [5.41, 5.74) is 0. The molecule has 0 saturated heterocycles.